The van der Waals surface area contributed by atoms with E-state index in [0.717, 1.165) is 16.8 Å². The van der Waals surface area contributed by atoms with Crippen molar-refractivity contribution in [2.75, 3.05) is 34.3 Å². The maximum atomic E-state index is 14.1. The van der Waals surface area contributed by atoms with Gasteiger partial charge in [0, 0.05) is 13.1 Å². The zero-order chi connectivity index (χ0) is 34.8. The number of amides is 1. The molecule has 2 heterocycles. The molecule has 48 heavy (non-hydrogen) atoms. The lowest BCUT2D eigenvalue weighted by Crippen LogP contribution is -2.41. The van der Waals surface area contributed by atoms with Crippen LogP contribution in [-0.4, -0.2) is 75.8 Å². The van der Waals surface area contributed by atoms with Crippen molar-refractivity contribution in [2.24, 2.45) is 13.0 Å². The second kappa shape index (κ2) is 13.5. The fourth-order valence-corrected chi connectivity index (χ4v) is 5.84. The van der Waals surface area contributed by atoms with Gasteiger partial charge in [-0.25, -0.2) is 9.36 Å². The van der Waals surface area contributed by atoms with E-state index in [1.165, 1.54) is 34.7 Å². The Labute approximate surface area is 275 Å². The molecule has 0 radical (unpaired) electrons. The molecule has 0 saturated heterocycles. The number of rotatable bonds is 9. The predicted molar refractivity (Wildman–Crippen MR) is 170 cm³/mol. The van der Waals surface area contributed by atoms with Crippen molar-refractivity contribution < 1.29 is 32.0 Å². The van der Waals surface area contributed by atoms with Gasteiger partial charge in [0.2, 0.25) is 0 Å². The molecule has 1 aliphatic carbocycles. The number of nitrogens with one attached hydrogen (secondary N) is 1. The molecular weight excluding hydrogens is 627 g/mol. The van der Waals surface area contributed by atoms with Crippen molar-refractivity contribution >= 4 is 11.9 Å². The highest BCUT2D eigenvalue weighted by Gasteiger charge is 2.34. The van der Waals surface area contributed by atoms with Gasteiger partial charge in [-0.3, -0.25) is 19.1 Å². The summed E-state index contributed by atoms with van der Waals surface area (Å²) in [5.41, 5.74) is -0.697. The number of carbonyl (C=O) groups is 2. The number of hydrogen-bond donors (Lipinski definition) is 1. The van der Waals surface area contributed by atoms with Crippen molar-refractivity contribution in [1.82, 2.24) is 24.5 Å². The van der Waals surface area contributed by atoms with Crippen LogP contribution in [0.2, 0.25) is 0 Å². The van der Waals surface area contributed by atoms with Gasteiger partial charge in [0.15, 0.2) is 0 Å². The summed E-state index contributed by atoms with van der Waals surface area (Å²) in [7, 11) is 7.51. The molecule has 0 bridgehead atoms. The van der Waals surface area contributed by atoms with E-state index in [2.05, 4.69) is 10.4 Å². The number of alkyl halides is 3. The molecule has 0 spiro atoms. The number of halogens is 3. The quantitative estimate of drug-likeness (QED) is 0.208. The number of nitriles is 1. The fourth-order valence-electron chi connectivity index (χ4n) is 5.84. The molecule has 1 fully saturated rings. The van der Waals surface area contributed by atoms with Crippen LogP contribution in [0.3, 0.4) is 0 Å². The van der Waals surface area contributed by atoms with Crippen molar-refractivity contribution in [3.8, 4) is 28.8 Å². The Balaban J connectivity index is 1.48. The van der Waals surface area contributed by atoms with E-state index in [0.29, 0.717) is 60.3 Å². The maximum Gasteiger partial charge on any atom is 0.416 e. The maximum absolute atomic E-state index is 14.1. The Morgan fingerprint density at radius 2 is 1.73 bits per heavy atom. The molecule has 11 nitrogen and oxygen atoms in total. The summed E-state index contributed by atoms with van der Waals surface area (Å²) in [6.07, 6.45) is -1.23. The molecule has 2 aromatic heterocycles. The van der Waals surface area contributed by atoms with Crippen LogP contribution in [0.4, 0.5) is 13.2 Å². The highest BCUT2D eigenvalue weighted by molar-refractivity contribution is 6.00. The zero-order valence-electron chi connectivity index (χ0n) is 27.1. The van der Waals surface area contributed by atoms with Crippen LogP contribution in [0.5, 0.6) is 0 Å². The van der Waals surface area contributed by atoms with Crippen LogP contribution in [0.25, 0.3) is 22.8 Å². The first-order valence-corrected chi connectivity index (χ1v) is 15.5. The number of carbonyl (C=O) groups excluding carboxylic acids is 2. The third-order valence-electron chi connectivity index (χ3n) is 8.44. The Hall–Kier alpha value is -5.16. The molecule has 2 aromatic carbocycles. The van der Waals surface area contributed by atoms with Gasteiger partial charge in [-0.2, -0.15) is 23.5 Å². The highest BCUT2D eigenvalue weighted by Crippen LogP contribution is 2.32. The number of hydrogen-bond acceptors (Lipinski definition) is 6. The molecule has 252 valence electrons. The van der Waals surface area contributed by atoms with Crippen molar-refractivity contribution in [1.29, 1.82) is 5.26 Å². The SMILES string of the molecule is Cn1c(-c2ccnn2-c2ccc(C#N)cc2)c(C(=O)N[C@H]2CC[C@H](C(=O)OCC[N+](C)(C)C)CC2)c(=O)n1-c1cccc(C(F)(F)F)c1. The molecule has 14 heteroatoms. The van der Waals surface area contributed by atoms with Crippen LogP contribution < -0.4 is 10.9 Å². The number of likely N-dealkylation sites (N-methyl/N-ethyl adjacent to an activating group) is 1. The van der Waals surface area contributed by atoms with Gasteiger partial charge in [-0.1, -0.05) is 6.07 Å². The number of esters is 1. The lowest BCUT2D eigenvalue weighted by molar-refractivity contribution is -0.870. The minimum atomic E-state index is -4.65. The summed E-state index contributed by atoms with van der Waals surface area (Å²) < 4.78 is 50.9. The monoisotopic (exact) mass is 664 g/mol. The topological polar surface area (TPSA) is 124 Å². The Morgan fingerprint density at radius 3 is 2.35 bits per heavy atom. The van der Waals surface area contributed by atoms with Gasteiger partial charge in [-0.15, -0.1) is 0 Å². The predicted octanol–water partition coefficient (Wildman–Crippen LogP) is 4.46. The lowest BCUT2D eigenvalue weighted by atomic mass is 9.86. The number of quaternary nitrogens is 1. The lowest BCUT2D eigenvalue weighted by Gasteiger charge is -2.28. The van der Waals surface area contributed by atoms with Crippen LogP contribution in [0, 0.1) is 17.2 Å². The second-order valence-corrected chi connectivity index (χ2v) is 12.9. The first kappa shape index (κ1) is 34.2. The number of nitrogens with zero attached hydrogens (tertiary/aromatic N) is 6. The van der Waals surface area contributed by atoms with Gasteiger partial charge < -0.3 is 14.5 Å². The van der Waals surface area contributed by atoms with E-state index >= 15 is 0 Å². The van der Waals surface area contributed by atoms with E-state index in [4.69, 9.17) is 4.74 Å². The molecule has 1 aliphatic rings. The van der Waals surface area contributed by atoms with Crippen molar-refractivity contribution in [3.63, 3.8) is 0 Å². The molecule has 4 aromatic rings. The molecular formula is C34H37F3N7O4+. The van der Waals surface area contributed by atoms with E-state index < -0.39 is 23.2 Å². The average Bonchev–Trinajstić information content (AvgIpc) is 3.62. The van der Waals surface area contributed by atoms with Gasteiger partial charge in [0.1, 0.15) is 24.4 Å². The van der Waals surface area contributed by atoms with Crippen LogP contribution in [0.15, 0.2) is 65.6 Å². The summed E-state index contributed by atoms with van der Waals surface area (Å²) in [5, 5.41) is 16.5. The smallest absolute Gasteiger partial charge is 0.416 e. The Morgan fingerprint density at radius 1 is 1.04 bits per heavy atom. The fraction of sp³-hybridized carbons (Fsp3) is 0.382. The van der Waals surface area contributed by atoms with Crippen LogP contribution >= 0.6 is 0 Å². The van der Waals surface area contributed by atoms with Crippen molar-refractivity contribution in [2.45, 2.75) is 37.9 Å². The standard InChI is InChI=1S/C34H36F3N7O4/c1-41-30(28-16-17-39-42(28)26-14-8-22(21-38)9-15-26)29(32(46)43(41)27-7-5-6-24(20-27)34(35,36)37)31(45)40-25-12-10-23(11-13-25)33(47)48-19-18-44(2,3)4/h5-9,14-17,20,23,25H,10-13,18-19H2,1-4H3/p+1/t23-,25-. The summed E-state index contributed by atoms with van der Waals surface area (Å²) in [5.74, 6) is -1.26. The molecule has 1 amide bonds. The van der Waals surface area contributed by atoms with Gasteiger partial charge in [0.05, 0.1) is 67.5 Å². The minimum Gasteiger partial charge on any atom is -0.459 e. The number of aromatic nitrogens is 4. The van der Waals surface area contributed by atoms with E-state index in [1.54, 1.807) is 30.3 Å². The molecule has 1 N–H and O–H groups in total. The molecule has 1 saturated carbocycles. The number of ether oxygens (including phenoxy) is 1. The van der Waals surface area contributed by atoms with Gasteiger partial charge >= 0.3 is 12.1 Å². The average molecular weight is 665 g/mol. The second-order valence-electron chi connectivity index (χ2n) is 12.9. The van der Waals surface area contributed by atoms with E-state index in [9.17, 15) is 32.8 Å². The largest absolute Gasteiger partial charge is 0.459 e. The molecule has 5 rings (SSSR count). The Kier molecular flexibility index (Phi) is 9.63. The molecule has 0 aliphatic heterocycles. The molecule has 0 atom stereocenters. The summed E-state index contributed by atoms with van der Waals surface area (Å²) >= 11 is 0. The first-order chi connectivity index (χ1) is 22.7. The normalized spacial score (nSPS) is 16.7. The summed E-state index contributed by atoms with van der Waals surface area (Å²) in [4.78, 5) is 40.7. The third-order valence-corrected chi connectivity index (χ3v) is 8.44. The number of benzene rings is 2. The third kappa shape index (κ3) is 7.36. The van der Waals surface area contributed by atoms with Crippen LogP contribution in [0.1, 0.15) is 47.2 Å². The van der Waals surface area contributed by atoms with E-state index in [-0.39, 0.29) is 34.9 Å². The van der Waals surface area contributed by atoms with Gasteiger partial charge in [-0.05, 0) is 74.2 Å². The Bertz CT molecular complexity index is 1900. The highest BCUT2D eigenvalue weighted by atomic mass is 19.4. The summed E-state index contributed by atoms with van der Waals surface area (Å²) in [6, 6.07) is 14.1. The summed E-state index contributed by atoms with van der Waals surface area (Å²) in [6.45, 7) is 0.992. The minimum absolute atomic E-state index is 0.0775. The van der Waals surface area contributed by atoms with Gasteiger partial charge in [0.25, 0.3) is 11.5 Å². The van der Waals surface area contributed by atoms with Crippen LogP contribution in [-0.2, 0) is 22.8 Å². The zero-order valence-corrected chi connectivity index (χ0v) is 27.1. The molecule has 0 unspecified atom stereocenters. The first-order valence-electron chi connectivity index (χ1n) is 15.5. The van der Waals surface area contributed by atoms with Crippen molar-refractivity contribution in [3.05, 3.63) is 87.8 Å². The van der Waals surface area contributed by atoms with E-state index in [1.807, 2.05) is 27.2 Å².